The van der Waals surface area contributed by atoms with E-state index in [1.54, 1.807) is 6.07 Å². The smallest absolute Gasteiger partial charge is 0.224 e. The Balaban J connectivity index is 2.27. The number of anilines is 1. The van der Waals surface area contributed by atoms with Crippen LogP contribution in [0, 0.1) is 6.92 Å². The predicted octanol–water partition coefficient (Wildman–Crippen LogP) is 2.81. The van der Waals surface area contributed by atoms with E-state index in [1.807, 2.05) is 19.1 Å². The van der Waals surface area contributed by atoms with Crippen molar-refractivity contribution in [3.8, 4) is 11.6 Å². The first kappa shape index (κ1) is 10.7. The Morgan fingerprint density at radius 3 is 2.75 bits per heavy atom. The Morgan fingerprint density at radius 1 is 1.25 bits per heavy atom. The molecular formula is C11H10ClN3O. The average Bonchev–Trinajstić information content (AvgIpc) is 2.22. The Labute approximate surface area is 98.0 Å². The Kier molecular flexibility index (Phi) is 2.92. The van der Waals surface area contributed by atoms with E-state index in [1.165, 1.54) is 12.4 Å². The van der Waals surface area contributed by atoms with Crippen molar-refractivity contribution in [2.75, 3.05) is 5.73 Å². The van der Waals surface area contributed by atoms with Gasteiger partial charge >= 0.3 is 0 Å². The summed E-state index contributed by atoms with van der Waals surface area (Å²) >= 11 is 6.02. The maximum Gasteiger partial charge on any atom is 0.224 e. The molecule has 0 bridgehead atoms. The topological polar surface area (TPSA) is 61.0 Å². The largest absolute Gasteiger partial charge is 0.437 e. The second kappa shape index (κ2) is 4.37. The van der Waals surface area contributed by atoms with Crippen LogP contribution in [-0.4, -0.2) is 9.97 Å². The van der Waals surface area contributed by atoms with Crippen molar-refractivity contribution < 1.29 is 4.74 Å². The Morgan fingerprint density at radius 2 is 2.06 bits per heavy atom. The molecule has 1 heterocycles. The molecule has 0 aliphatic carbocycles. The lowest BCUT2D eigenvalue weighted by Crippen LogP contribution is -1.94. The summed E-state index contributed by atoms with van der Waals surface area (Å²) in [4.78, 5) is 7.70. The van der Waals surface area contributed by atoms with Gasteiger partial charge in [0.2, 0.25) is 5.88 Å². The van der Waals surface area contributed by atoms with Crippen LogP contribution in [0.3, 0.4) is 0 Å². The molecule has 0 fully saturated rings. The van der Waals surface area contributed by atoms with Gasteiger partial charge in [-0.05, 0) is 24.6 Å². The summed E-state index contributed by atoms with van der Waals surface area (Å²) < 4.78 is 5.48. The van der Waals surface area contributed by atoms with Gasteiger partial charge in [-0.25, -0.2) is 9.97 Å². The minimum Gasteiger partial charge on any atom is -0.437 e. The molecule has 0 amide bonds. The van der Waals surface area contributed by atoms with Crippen LogP contribution in [0.25, 0.3) is 0 Å². The van der Waals surface area contributed by atoms with Crippen LogP contribution in [0.2, 0.25) is 5.02 Å². The number of nitrogens with two attached hydrogens (primary N) is 1. The van der Waals surface area contributed by atoms with Gasteiger partial charge in [0.25, 0.3) is 0 Å². The summed E-state index contributed by atoms with van der Waals surface area (Å²) in [5, 5.41) is 0.539. The minimum atomic E-state index is 0.355. The molecule has 0 aliphatic rings. The van der Waals surface area contributed by atoms with Crippen molar-refractivity contribution in [2.24, 2.45) is 0 Å². The average molecular weight is 236 g/mol. The molecule has 16 heavy (non-hydrogen) atoms. The molecule has 0 atom stereocenters. The fraction of sp³-hybridized carbons (Fsp3) is 0.0909. The summed E-state index contributed by atoms with van der Waals surface area (Å²) in [6, 6.07) is 7.05. The highest BCUT2D eigenvalue weighted by molar-refractivity contribution is 6.32. The fourth-order valence-corrected chi connectivity index (χ4v) is 1.48. The van der Waals surface area contributed by atoms with Gasteiger partial charge in [0.1, 0.15) is 17.9 Å². The van der Waals surface area contributed by atoms with E-state index in [-0.39, 0.29) is 0 Å². The van der Waals surface area contributed by atoms with Crippen molar-refractivity contribution in [1.29, 1.82) is 0 Å². The number of ether oxygens (including phenoxy) is 1. The van der Waals surface area contributed by atoms with Crippen molar-refractivity contribution in [2.45, 2.75) is 6.92 Å². The molecule has 0 saturated heterocycles. The molecule has 0 aliphatic heterocycles. The minimum absolute atomic E-state index is 0.355. The Bertz CT molecular complexity index is 516. The van der Waals surface area contributed by atoms with Crippen LogP contribution in [0.15, 0.2) is 30.6 Å². The maximum absolute atomic E-state index is 6.02. The lowest BCUT2D eigenvalue weighted by Gasteiger charge is -2.06. The lowest BCUT2D eigenvalue weighted by atomic mass is 10.2. The second-order valence-electron chi connectivity index (χ2n) is 3.32. The van der Waals surface area contributed by atoms with Gasteiger partial charge in [-0.1, -0.05) is 17.7 Å². The van der Waals surface area contributed by atoms with Gasteiger partial charge in [-0.2, -0.15) is 0 Å². The quantitative estimate of drug-likeness (QED) is 0.870. The number of aromatic nitrogens is 2. The molecule has 5 heteroatoms. The summed E-state index contributed by atoms with van der Waals surface area (Å²) in [5.74, 6) is 1.27. The number of hydrogen-bond donors (Lipinski definition) is 1. The summed E-state index contributed by atoms with van der Waals surface area (Å²) in [5.41, 5.74) is 6.58. The molecule has 1 aromatic heterocycles. The number of benzene rings is 1. The summed E-state index contributed by atoms with van der Waals surface area (Å²) in [6.45, 7) is 1.96. The summed E-state index contributed by atoms with van der Waals surface area (Å²) in [7, 11) is 0. The first-order valence-corrected chi connectivity index (χ1v) is 5.04. The third kappa shape index (κ3) is 2.41. The van der Waals surface area contributed by atoms with Crippen LogP contribution in [0.1, 0.15) is 5.56 Å². The van der Waals surface area contributed by atoms with Crippen LogP contribution >= 0.6 is 11.6 Å². The molecule has 1 aromatic carbocycles. The van der Waals surface area contributed by atoms with Gasteiger partial charge in [-0.15, -0.1) is 0 Å². The fourth-order valence-electron chi connectivity index (χ4n) is 1.21. The van der Waals surface area contributed by atoms with Crippen molar-refractivity contribution >= 4 is 17.4 Å². The first-order valence-electron chi connectivity index (χ1n) is 4.66. The van der Waals surface area contributed by atoms with Gasteiger partial charge in [0, 0.05) is 6.07 Å². The van der Waals surface area contributed by atoms with Crippen LogP contribution in [0.5, 0.6) is 11.6 Å². The molecule has 2 N–H and O–H groups in total. The number of hydrogen-bond acceptors (Lipinski definition) is 4. The van der Waals surface area contributed by atoms with Gasteiger partial charge in [-0.3, -0.25) is 0 Å². The van der Waals surface area contributed by atoms with Crippen LogP contribution in [0.4, 0.5) is 5.82 Å². The molecule has 4 nitrogen and oxygen atoms in total. The highest BCUT2D eigenvalue weighted by Gasteiger charge is 2.04. The number of halogens is 1. The van der Waals surface area contributed by atoms with Gasteiger partial charge in [0.05, 0.1) is 5.02 Å². The van der Waals surface area contributed by atoms with Crippen molar-refractivity contribution in [3.05, 3.63) is 41.2 Å². The maximum atomic E-state index is 6.02. The zero-order valence-electron chi connectivity index (χ0n) is 8.64. The lowest BCUT2D eigenvalue weighted by molar-refractivity contribution is 0.462. The normalized spacial score (nSPS) is 10.1. The zero-order valence-corrected chi connectivity index (χ0v) is 9.40. The van der Waals surface area contributed by atoms with E-state index < -0.39 is 0 Å². The van der Waals surface area contributed by atoms with E-state index >= 15 is 0 Å². The first-order chi connectivity index (χ1) is 7.65. The molecule has 2 aromatic rings. The van der Waals surface area contributed by atoms with Gasteiger partial charge < -0.3 is 10.5 Å². The van der Waals surface area contributed by atoms with Crippen molar-refractivity contribution in [3.63, 3.8) is 0 Å². The SMILES string of the molecule is Cc1ccc(Oc2cc(N)ncn2)c(Cl)c1. The van der Waals surface area contributed by atoms with E-state index in [0.29, 0.717) is 22.5 Å². The van der Waals surface area contributed by atoms with E-state index in [4.69, 9.17) is 22.1 Å². The summed E-state index contributed by atoms with van der Waals surface area (Å²) in [6.07, 6.45) is 1.34. The van der Waals surface area contributed by atoms with Crippen LogP contribution in [-0.2, 0) is 0 Å². The molecule has 82 valence electrons. The highest BCUT2D eigenvalue weighted by atomic mass is 35.5. The molecular weight excluding hydrogens is 226 g/mol. The highest BCUT2D eigenvalue weighted by Crippen LogP contribution is 2.29. The van der Waals surface area contributed by atoms with E-state index in [2.05, 4.69) is 9.97 Å². The van der Waals surface area contributed by atoms with E-state index in [0.717, 1.165) is 5.56 Å². The number of nitrogen functional groups attached to an aromatic ring is 1. The third-order valence-electron chi connectivity index (χ3n) is 1.97. The number of nitrogens with zero attached hydrogens (tertiary/aromatic N) is 2. The molecule has 0 radical (unpaired) electrons. The molecule has 0 saturated carbocycles. The zero-order chi connectivity index (χ0) is 11.5. The van der Waals surface area contributed by atoms with Gasteiger partial charge in [0.15, 0.2) is 0 Å². The Hall–Kier alpha value is -1.81. The second-order valence-corrected chi connectivity index (χ2v) is 3.72. The monoisotopic (exact) mass is 235 g/mol. The molecule has 0 unspecified atom stereocenters. The van der Waals surface area contributed by atoms with Crippen molar-refractivity contribution in [1.82, 2.24) is 9.97 Å². The number of aryl methyl sites for hydroxylation is 1. The van der Waals surface area contributed by atoms with E-state index in [9.17, 15) is 0 Å². The third-order valence-corrected chi connectivity index (χ3v) is 2.26. The predicted molar refractivity (Wildman–Crippen MR) is 62.7 cm³/mol. The molecule has 0 spiro atoms. The standard InChI is InChI=1S/C11H10ClN3O/c1-7-2-3-9(8(12)4-7)16-11-5-10(13)14-6-15-11/h2-6H,1H3,(H2,13,14,15). The van der Waals surface area contributed by atoms with Crippen LogP contribution < -0.4 is 10.5 Å². The number of rotatable bonds is 2. The molecule has 2 rings (SSSR count).